The van der Waals surface area contributed by atoms with Crippen LogP contribution in [0.2, 0.25) is 0 Å². The van der Waals surface area contributed by atoms with Gasteiger partial charge < -0.3 is 15.1 Å². The van der Waals surface area contributed by atoms with Gasteiger partial charge in [-0.1, -0.05) is 0 Å². The van der Waals surface area contributed by atoms with Crippen LogP contribution in [0.4, 0.5) is 23.1 Å². The first-order valence-electron chi connectivity index (χ1n) is 9.25. The lowest BCUT2D eigenvalue weighted by Gasteiger charge is -2.23. The zero-order valence-electron chi connectivity index (χ0n) is 16.4. The van der Waals surface area contributed by atoms with Gasteiger partial charge in [0.25, 0.3) is 0 Å². The number of nitrogens with zero attached hydrogens (tertiary/aromatic N) is 4. The van der Waals surface area contributed by atoms with Gasteiger partial charge in [-0.3, -0.25) is 0 Å². The standard InChI is InChI=1S/C20H31N5/c1-7-24(8-2)17-11-12-18(15(5)13-17)22-19-14-16(6)21-20(23-19)25(9-3)10-4/h11-14H,7-10H2,1-6H3,(H,21,22,23). The highest BCUT2D eigenvalue weighted by Gasteiger charge is 2.10. The van der Waals surface area contributed by atoms with Gasteiger partial charge in [0, 0.05) is 49.3 Å². The maximum Gasteiger partial charge on any atom is 0.227 e. The van der Waals surface area contributed by atoms with Crippen LogP contribution in [0.25, 0.3) is 0 Å². The summed E-state index contributed by atoms with van der Waals surface area (Å²) < 4.78 is 0. The third kappa shape index (κ3) is 4.62. The Kier molecular flexibility index (Phi) is 6.62. The summed E-state index contributed by atoms with van der Waals surface area (Å²) in [5.41, 5.74) is 4.53. The second kappa shape index (κ2) is 8.70. The van der Waals surface area contributed by atoms with Crippen LogP contribution in [0, 0.1) is 13.8 Å². The highest BCUT2D eigenvalue weighted by molar-refractivity contribution is 5.66. The number of rotatable bonds is 8. The Labute approximate surface area is 152 Å². The molecule has 2 aromatic rings. The highest BCUT2D eigenvalue weighted by atomic mass is 15.3. The SMILES string of the molecule is CCN(CC)c1ccc(Nc2cc(C)nc(N(CC)CC)n2)c(C)c1. The fraction of sp³-hybridized carbons (Fsp3) is 0.500. The number of hydrogen-bond acceptors (Lipinski definition) is 5. The van der Waals surface area contributed by atoms with Crippen molar-refractivity contribution in [3.8, 4) is 0 Å². The summed E-state index contributed by atoms with van der Waals surface area (Å²) in [6.07, 6.45) is 0. The van der Waals surface area contributed by atoms with Gasteiger partial charge in [0.05, 0.1) is 0 Å². The monoisotopic (exact) mass is 341 g/mol. The largest absolute Gasteiger partial charge is 0.372 e. The van der Waals surface area contributed by atoms with Crippen molar-refractivity contribution in [3.63, 3.8) is 0 Å². The van der Waals surface area contributed by atoms with E-state index in [0.29, 0.717) is 0 Å². The second-order valence-electron chi connectivity index (χ2n) is 6.16. The van der Waals surface area contributed by atoms with Crippen LogP contribution in [0.1, 0.15) is 39.0 Å². The van der Waals surface area contributed by atoms with Crippen molar-refractivity contribution in [2.24, 2.45) is 0 Å². The fourth-order valence-electron chi connectivity index (χ4n) is 2.98. The molecule has 0 aliphatic rings. The third-order valence-corrected chi connectivity index (χ3v) is 4.49. The van der Waals surface area contributed by atoms with Crippen molar-refractivity contribution in [2.75, 3.05) is 41.3 Å². The van der Waals surface area contributed by atoms with E-state index in [2.05, 4.69) is 72.9 Å². The zero-order valence-corrected chi connectivity index (χ0v) is 16.4. The molecule has 5 nitrogen and oxygen atoms in total. The molecule has 0 aliphatic carbocycles. The van der Waals surface area contributed by atoms with Gasteiger partial charge in [-0.05, 0) is 65.3 Å². The highest BCUT2D eigenvalue weighted by Crippen LogP contribution is 2.26. The second-order valence-corrected chi connectivity index (χ2v) is 6.16. The lowest BCUT2D eigenvalue weighted by molar-refractivity contribution is 0.817. The van der Waals surface area contributed by atoms with Gasteiger partial charge in [-0.25, -0.2) is 4.98 Å². The maximum absolute atomic E-state index is 4.70. The molecule has 1 aromatic heterocycles. The van der Waals surface area contributed by atoms with E-state index in [0.717, 1.165) is 49.3 Å². The minimum absolute atomic E-state index is 0.782. The molecule has 0 bridgehead atoms. The Morgan fingerprint density at radius 1 is 0.840 bits per heavy atom. The molecule has 5 heteroatoms. The summed E-state index contributed by atoms with van der Waals surface area (Å²) in [7, 11) is 0. The zero-order chi connectivity index (χ0) is 18.4. The molecule has 0 aliphatic heterocycles. The summed E-state index contributed by atoms with van der Waals surface area (Å²) in [6, 6.07) is 8.53. The number of hydrogen-bond donors (Lipinski definition) is 1. The van der Waals surface area contributed by atoms with E-state index in [1.165, 1.54) is 11.3 Å². The first kappa shape index (κ1) is 19.0. The smallest absolute Gasteiger partial charge is 0.227 e. The molecule has 2 rings (SSSR count). The maximum atomic E-state index is 4.70. The van der Waals surface area contributed by atoms with E-state index in [-0.39, 0.29) is 0 Å². The average molecular weight is 342 g/mol. The van der Waals surface area contributed by atoms with Crippen LogP contribution in [0.5, 0.6) is 0 Å². The summed E-state index contributed by atoms with van der Waals surface area (Å²) >= 11 is 0. The van der Waals surface area contributed by atoms with Crippen molar-refractivity contribution in [1.29, 1.82) is 0 Å². The quantitative estimate of drug-likeness (QED) is 0.764. The van der Waals surface area contributed by atoms with Gasteiger partial charge in [-0.2, -0.15) is 4.98 Å². The van der Waals surface area contributed by atoms with E-state index in [4.69, 9.17) is 4.98 Å². The van der Waals surface area contributed by atoms with Crippen LogP contribution >= 0.6 is 0 Å². The molecule has 0 unspecified atom stereocenters. The molecule has 1 N–H and O–H groups in total. The van der Waals surface area contributed by atoms with Crippen molar-refractivity contribution < 1.29 is 0 Å². The molecular weight excluding hydrogens is 310 g/mol. The summed E-state index contributed by atoms with van der Waals surface area (Å²) in [6.45, 7) is 16.6. The van der Waals surface area contributed by atoms with Crippen molar-refractivity contribution in [2.45, 2.75) is 41.5 Å². The minimum atomic E-state index is 0.782. The van der Waals surface area contributed by atoms with E-state index < -0.39 is 0 Å². The first-order chi connectivity index (χ1) is 12.0. The Hall–Kier alpha value is -2.30. The van der Waals surface area contributed by atoms with Crippen molar-refractivity contribution in [3.05, 3.63) is 35.5 Å². The van der Waals surface area contributed by atoms with Crippen LogP contribution in [-0.4, -0.2) is 36.1 Å². The molecule has 1 heterocycles. The molecule has 0 spiro atoms. The lowest BCUT2D eigenvalue weighted by Crippen LogP contribution is -2.24. The Morgan fingerprint density at radius 3 is 2.04 bits per heavy atom. The van der Waals surface area contributed by atoms with Crippen molar-refractivity contribution in [1.82, 2.24) is 9.97 Å². The lowest BCUT2D eigenvalue weighted by atomic mass is 10.1. The Balaban J connectivity index is 2.27. The van der Waals surface area contributed by atoms with Crippen LogP contribution in [-0.2, 0) is 0 Å². The molecule has 0 fully saturated rings. The number of benzene rings is 1. The predicted octanol–water partition coefficient (Wildman–Crippen LogP) is 4.53. The van der Waals surface area contributed by atoms with Crippen LogP contribution in [0.3, 0.4) is 0 Å². The summed E-state index contributed by atoms with van der Waals surface area (Å²) in [5, 5.41) is 3.46. The van der Waals surface area contributed by atoms with E-state index >= 15 is 0 Å². The number of nitrogens with one attached hydrogen (secondary N) is 1. The Bertz CT molecular complexity index is 690. The summed E-state index contributed by atoms with van der Waals surface area (Å²) in [4.78, 5) is 13.8. The van der Waals surface area contributed by atoms with Crippen LogP contribution < -0.4 is 15.1 Å². The van der Waals surface area contributed by atoms with Crippen molar-refractivity contribution >= 4 is 23.1 Å². The molecule has 0 radical (unpaired) electrons. The molecule has 0 saturated carbocycles. The Morgan fingerprint density at radius 2 is 1.48 bits per heavy atom. The first-order valence-corrected chi connectivity index (χ1v) is 9.25. The number of aryl methyl sites for hydroxylation is 2. The molecule has 136 valence electrons. The van der Waals surface area contributed by atoms with E-state index in [1.807, 2.05) is 13.0 Å². The van der Waals surface area contributed by atoms with E-state index in [9.17, 15) is 0 Å². The molecule has 0 saturated heterocycles. The predicted molar refractivity (Wildman–Crippen MR) is 108 cm³/mol. The molecule has 25 heavy (non-hydrogen) atoms. The fourth-order valence-corrected chi connectivity index (χ4v) is 2.98. The topological polar surface area (TPSA) is 44.3 Å². The van der Waals surface area contributed by atoms with Gasteiger partial charge in [-0.15, -0.1) is 0 Å². The number of anilines is 4. The molecular formula is C20H31N5. The van der Waals surface area contributed by atoms with Crippen LogP contribution in [0.15, 0.2) is 24.3 Å². The molecule has 1 aromatic carbocycles. The van der Waals surface area contributed by atoms with Gasteiger partial charge in [0.2, 0.25) is 5.95 Å². The van der Waals surface area contributed by atoms with Gasteiger partial charge in [0.15, 0.2) is 0 Å². The third-order valence-electron chi connectivity index (χ3n) is 4.49. The number of aromatic nitrogens is 2. The normalized spacial score (nSPS) is 10.6. The minimum Gasteiger partial charge on any atom is -0.372 e. The van der Waals surface area contributed by atoms with Gasteiger partial charge in [0.1, 0.15) is 5.82 Å². The van der Waals surface area contributed by atoms with Gasteiger partial charge >= 0.3 is 0 Å². The molecule has 0 atom stereocenters. The van der Waals surface area contributed by atoms with E-state index in [1.54, 1.807) is 0 Å². The molecule has 0 amide bonds. The summed E-state index contributed by atoms with van der Waals surface area (Å²) in [5.74, 6) is 1.62. The average Bonchev–Trinajstić information content (AvgIpc) is 2.59.